The van der Waals surface area contributed by atoms with Gasteiger partial charge in [-0.3, -0.25) is 14.7 Å². The highest BCUT2D eigenvalue weighted by molar-refractivity contribution is 5.95. The summed E-state index contributed by atoms with van der Waals surface area (Å²) < 4.78 is 50.5. The van der Waals surface area contributed by atoms with Gasteiger partial charge in [-0.2, -0.15) is 13.2 Å². The third kappa shape index (κ3) is 10.0. The smallest absolute Gasteiger partial charge is 0.416 e. The van der Waals surface area contributed by atoms with Crippen LogP contribution in [0.3, 0.4) is 0 Å². The molecule has 3 aromatic carbocycles. The molecule has 0 unspecified atom stereocenters. The van der Waals surface area contributed by atoms with Crippen LogP contribution in [0.2, 0.25) is 0 Å². The van der Waals surface area contributed by atoms with Crippen molar-refractivity contribution in [1.82, 2.24) is 15.6 Å². The second kappa shape index (κ2) is 16.1. The summed E-state index contributed by atoms with van der Waals surface area (Å²) in [7, 11) is 0. The van der Waals surface area contributed by atoms with Gasteiger partial charge in [0.15, 0.2) is 6.10 Å². The van der Waals surface area contributed by atoms with Gasteiger partial charge in [-0.1, -0.05) is 72.8 Å². The molecule has 1 aromatic heterocycles. The Kier molecular flexibility index (Phi) is 11.5. The molecule has 4 atom stereocenters. The summed E-state index contributed by atoms with van der Waals surface area (Å²) in [4.78, 5) is 44.0. The number of carbonyl (C=O) groups is 3. The zero-order valence-corrected chi connectivity index (χ0v) is 26.3. The van der Waals surface area contributed by atoms with Crippen LogP contribution in [0.15, 0.2) is 109 Å². The fourth-order valence-electron chi connectivity index (χ4n) is 5.48. The molecule has 4 aromatic rings. The minimum atomic E-state index is -4.62. The number of hydrogen-bond acceptors (Lipinski definition) is 7. The maximum absolute atomic E-state index is 13.5. The highest BCUT2D eigenvalue weighted by Crippen LogP contribution is 2.33. The first-order valence-electron chi connectivity index (χ1n) is 15.6. The molecular formula is C36H35F3N4O6. The van der Waals surface area contributed by atoms with Crippen molar-refractivity contribution < 1.29 is 42.1 Å². The second-order valence-corrected chi connectivity index (χ2v) is 11.6. The molecule has 1 saturated heterocycles. The minimum Gasteiger partial charge on any atom is -0.445 e. The van der Waals surface area contributed by atoms with E-state index in [0.29, 0.717) is 5.56 Å². The van der Waals surface area contributed by atoms with Gasteiger partial charge in [0.1, 0.15) is 6.61 Å². The Balaban J connectivity index is 1.29. The van der Waals surface area contributed by atoms with Crippen molar-refractivity contribution in [2.75, 3.05) is 11.4 Å². The Morgan fingerprint density at radius 2 is 1.59 bits per heavy atom. The number of ether oxygens (including phenoxy) is 2. The Labute approximate surface area is 280 Å². The van der Waals surface area contributed by atoms with Crippen LogP contribution in [0.4, 0.5) is 28.4 Å². The van der Waals surface area contributed by atoms with Gasteiger partial charge >= 0.3 is 18.4 Å². The number of benzene rings is 3. The zero-order valence-electron chi connectivity index (χ0n) is 26.3. The summed E-state index contributed by atoms with van der Waals surface area (Å²) in [6.45, 7) is -0.342. The molecule has 1 aliphatic heterocycles. The van der Waals surface area contributed by atoms with Gasteiger partial charge in [0.25, 0.3) is 5.91 Å². The molecular weight excluding hydrogens is 641 g/mol. The van der Waals surface area contributed by atoms with Gasteiger partial charge in [-0.15, -0.1) is 0 Å². The summed E-state index contributed by atoms with van der Waals surface area (Å²) in [6, 6.07) is 24.6. The number of nitrogens with one attached hydrogen (secondary N) is 2. The number of aliphatic hydroxyl groups is 1. The predicted octanol–water partition coefficient (Wildman–Crippen LogP) is 5.44. The molecule has 0 saturated carbocycles. The number of amides is 3. The third-order valence-corrected chi connectivity index (χ3v) is 7.95. The molecule has 256 valence electrons. The number of cyclic esters (lactones) is 1. The summed E-state index contributed by atoms with van der Waals surface area (Å²) >= 11 is 0. The van der Waals surface area contributed by atoms with E-state index in [0.717, 1.165) is 28.2 Å². The number of rotatable bonds is 13. The third-order valence-electron chi connectivity index (χ3n) is 7.95. The molecule has 10 nitrogen and oxygen atoms in total. The lowest BCUT2D eigenvalue weighted by Gasteiger charge is -2.28. The summed E-state index contributed by atoms with van der Waals surface area (Å²) in [6.07, 6.45) is -5.13. The molecule has 0 bridgehead atoms. The summed E-state index contributed by atoms with van der Waals surface area (Å²) in [5, 5.41) is 17.1. The van der Waals surface area contributed by atoms with E-state index >= 15 is 0 Å². The van der Waals surface area contributed by atoms with Crippen LogP contribution in [-0.2, 0) is 39.9 Å². The van der Waals surface area contributed by atoms with Crippen LogP contribution in [0.1, 0.15) is 28.7 Å². The van der Waals surface area contributed by atoms with E-state index in [9.17, 15) is 32.7 Å². The van der Waals surface area contributed by atoms with E-state index in [2.05, 4.69) is 15.6 Å². The molecule has 1 fully saturated rings. The molecule has 2 heterocycles. The summed E-state index contributed by atoms with van der Waals surface area (Å²) in [5.74, 6) is -0.681. The lowest BCUT2D eigenvalue weighted by molar-refractivity contribution is -0.137. The first-order chi connectivity index (χ1) is 23.5. The van der Waals surface area contributed by atoms with Crippen LogP contribution >= 0.6 is 0 Å². The minimum absolute atomic E-state index is 0.0149. The number of pyridine rings is 1. The van der Waals surface area contributed by atoms with Gasteiger partial charge in [0.05, 0.1) is 24.3 Å². The Hall–Kier alpha value is -5.43. The van der Waals surface area contributed by atoms with Crippen LogP contribution in [0, 0.1) is 0 Å². The number of carbonyl (C=O) groups excluding carboxylic acids is 3. The average molecular weight is 677 g/mol. The molecule has 3 N–H and O–H groups in total. The van der Waals surface area contributed by atoms with Crippen molar-refractivity contribution in [3.63, 3.8) is 0 Å². The first kappa shape index (κ1) is 34.9. The topological polar surface area (TPSA) is 130 Å². The maximum atomic E-state index is 13.5. The van der Waals surface area contributed by atoms with Crippen molar-refractivity contribution in [3.05, 3.63) is 132 Å². The summed E-state index contributed by atoms with van der Waals surface area (Å²) in [5.41, 5.74) is 1.37. The molecule has 0 radical (unpaired) electrons. The van der Waals surface area contributed by atoms with Crippen molar-refractivity contribution in [2.24, 2.45) is 0 Å². The van der Waals surface area contributed by atoms with Crippen molar-refractivity contribution >= 4 is 23.8 Å². The fourth-order valence-corrected chi connectivity index (χ4v) is 5.48. The lowest BCUT2D eigenvalue weighted by Crippen LogP contribution is -2.50. The highest BCUT2D eigenvalue weighted by atomic mass is 19.4. The van der Waals surface area contributed by atoms with E-state index in [1.54, 1.807) is 24.5 Å². The van der Waals surface area contributed by atoms with E-state index in [1.165, 1.54) is 12.1 Å². The normalized spacial score (nSPS) is 16.3. The number of hydrogen-bond donors (Lipinski definition) is 3. The molecule has 0 aliphatic carbocycles. The quantitative estimate of drug-likeness (QED) is 0.172. The molecule has 5 rings (SSSR count). The number of alkyl halides is 3. The van der Waals surface area contributed by atoms with Crippen molar-refractivity contribution in [3.8, 4) is 0 Å². The number of aromatic nitrogens is 1. The number of nitrogens with zero attached hydrogens (tertiary/aromatic N) is 2. The van der Waals surface area contributed by atoms with Gasteiger partial charge in [-0.25, -0.2) is 9.59 Å². The van der Waals surface area contributed by atoms with E-state index in [4.69, 9.17) is 9.47 Å². The van der Waals surface area contributed by atoms with Gasteiger partial charge < -0.3 is 25.2 Å². The second-order valence-electron chi connectivity index (χ2n) is 11.6. The Bertz CT molecular complexity index is 1700. The van der Waals surface area contributed by atoms with Crippen molar-refractivity contribution in [2.45, 2.75) is 56.3 Å². The monoisotopic (exact) mass is 676 g/mol. The first-order valence-corrected chi connectivity index (χ1v) is 15.6. The van der Waals surface area contributed by atoms with E-state index in [1.807, 2.05) is 60.7 Å². The fraction of sp³-hybridized carbons (Fsp3) is 0.278. The van der Waals surface area contributed by atoms with Crippen LogP contribution in [0.5, 0.6) is 0 Å². The highest BCUT2D eigenvalue weighted by Gasteiger charge is 2.39. The number of aliphatic hydroxyl groups excluding tert-OH is 1. The lowest BCUT2D eigenvalue weighted by atomic mass is 9.93. The van der Waals surface area contributed by atoms with Gasteiger partial charge in [0.2, 0.25) is 0 Å². The van der Waals surface area contributed by atoms with Crippen LogP contribution < -0.4 is 15.5 Å². The number of halogens is 3. The number of alkyl carbamates (subject to hydrolysis) is 1. The molecule has 49 heavy (non-hydrogen) atoms. The van der Waals surface area contributed by atoms with Crippen LogP contribution in [-0.4, -0.2) is 59.0 Å². The largest absolute Gasteiger partial charge is 0.445 e. The van der Waals surface area contributed by atoms with E-state index in [-0.39, 0.29) is 38.1 Å². The van der Waals surface area contributed by atoms with E-state index < -0.39 is 54.1 Å². The number of anilines is 1. The predicted molar refractivity (Wildman–Crippen MR) is 173 cm³/mol. The standard InChI is InChI=1S/C36H35F3N4O6/c37-36(38,39)27-14-7-15-29(19-27)43-22-32(49-35(43)47)33(45)41-28(17-24-9-3-1-4-10-24)20-31(44)30(18-25-11-5-2-6-12-25)42-34(46)48-23-26-13-8-16-40-21-26/h1-16,19,21,28,30-32,44H,17-18,20,22-23H2,(H,41,45)(H,42,46)/t28-,30-,31-,32-/m0/s1. The SMILES string of the molecule is O=C(N[C@@H](Cc1ccccc1)[C@@H](O)C[C@H](Cc1ccccc1)NC(=O)[C@@H]1CN(c2cccc(C(F)(F)F)c2)C(=O)O1)OCc1cccnc1. The Morgan fingerprint density at radius 3 is 2.24 bits per heavy atom. The zero-order chi connectivity index (χ0) is 34.8. The molecule has 0 spiro atoms. The Morgan fingerprint density at radius 1 is 0.918 bits per heavy atom. The van der Waals surface area contributed by atoms with Gasteiger partial charge in [-0.05, 0) is 54.7 Å². The van der Waals surface area contributed by atoms with Crippen molar-refractivity contribution in [1.29, 1.82) is 0 Å². The van der Waals surface area contributed by atoms with Crippen LogP contribution in [0.25, 0.3) is 0 Å². The molecule has 3 amide bonds. The van der Waals surface area contributed by atoms with Gasteiger partial charge in [0, 0.05) is 29.7 Å². The average Bonchev–Trinajstić information content (AvgIpc) is 3.49. The maximum Gasteiger partial charge on any atom is 0.416 e. The molecule has 13 heteroatoms. The molecule has 1 aliphatic rings.